The number of sulfonamides is 1. The van der Waals surface area contributed by atoms with E-state index in [-0.39, 0.29) is 23.0 Å². The fourth-order valence-corrected chi connectivity index (χ4v) is 3.45. The molecule has 0 heterocycles. The number of primary sulfonamides is 1. The maximum Gasteiger partial charge on any atom is 0.315 e. The van der Waals surface area contributed by atoms with Crippen molar-refractivity contribution in [3.63, 3.8) is 0 Å². The Morgan fingerprint density at radius 1 is 1.11 bits per heavy atom. The van der Waals surface area contributed by atoms with Gasteiger partial charge in [-0.25, -0.2) is 18.4 Å². The average Bonchev–Trinajstić information content (AvgIpc) is 2.60. The van der Waals surface area contributed by atoms with Crippen LogP contribution in [0.15, 0.2) is 57.9 Å². The van der Waals surface area contributed by atoms with Crippen molar-refractivity contribution >= 4 is 32.0 Å². The Bertz CT molecular complexity index is 885. The summed E-state index contributed by atoms with van der Waals surface area (Å²) in [5, 5.41) is 10.9. The molecule has 0 aromatic heterocycles. The van der Waals surface area contributed by atoms with Crippen LogP contribution >= 0.6 is 15.9 Å². The molecule has 0 aliphatic rings. The molecule has 0 aliphatic carbocycles. The number of halogens is 1. The van der Waals surface area contributed by atoms with Crippen LogP contribution in [0.4, 0.5) is 4.79 Å². The summed E-state index contributed by atoms with van der Waals surface area (Å²) in [6.07, 6.45) is 1.67. The fourth-order valence-electron chi connectivity index (χ4n) is 2.61. The van der Waals surface area contributed by atoms with E-state index < -0.39 is 10.0 Å². The van der Waals surface area contributed by atoms with E-state index in [9.17, 15) is 13.2 Å². The molecular weight excluding hydrogens is 430 g/mol. The van der Waals surface area contributed by atoms with Crippen LogP contribution in [-0.4, -0.2) is 20.5 Å². The van der Waals surface area contributed by atoms with Crippen LogP contribution in [0.25, 0.3) is 0 Å². The molecule has 2 atom stereocenters. The van der Waals surface area contributed by atoms with Gasteiger partial charge in [-0.15, -0.1) is 0 Å². The van der Waals surface area contributed by atoms with Crippen molar-refractivity contribution in [1.82, 2.24) is 10.6 Å². The zero-order valence-corrected chi connectivity index (χ0v) is 17.7. The van der Waals surface area contributed by atoms with Crippen molar-refractivity contribution in [2.24, 2.45) is 5.14 Å². The van der Waals surface area contributed by atoms with E-state index in [1.54, 1.807) is 19.1 Å². The Labute approximate surface area is 168 Å². The number of nitrogens with two attached hydrogens (primary N) is 1. The molecule has 2 aromatic carbocycles. The lowest BCUT2D eigenvalue weighted by Crippen LogP contribution is -2.42. The van der Waals surface area contributed by atoms with Gasteiger partial charge in [-0.05, 0) is 62.1 Å². The van der Waals surface area contributed by atoms with Gasteiger partial charge in [-0.3, -0.25) is 0 Å². The first kappa shape index (κ1) is 21.4. The molecule has 2 aromatic rings. The third-order valence-electron chi connectivity index (χ3n) is 4.19. The maximum absolute atomic E-state index is 12.2. The van der Waals surface area contributed by atoms with E-state index >= 15 is 0 Å². The van der Waals surface area contributed by atoms with Crippen molar-refractivity contribution in [1.29, 1.82) is 0 Å². The SMILES string of the molecule is C[C@H](NC(=O)N[C@@H](C)CCc1ccc(Br)cc1)c1cccc(S(N)(=O)=O)c1. The zero-order chi connectivity index (χ0) is 20.0. The summed E-state index contributed by atoms with van der Waals surface area (Å²) in [6, 6.07) is 13.7. The van der Waals surface area contributed by atoms with Crippen LogP contribution in [0, 0.1) is 0 Å². The van der Waals surface area contributed by atoms with E-state index in [4.69, 9.17) is 5.14 Å². The third kappa shape index (κ3) is 6.97. The number of carbonyl (C=O) groups excluding carboxylic acids is 1. The van der Waals surface area contributed by atoms with Crippen molar-refractivity contribution in [2.45, 2.75) is 43.7 Å². The third-order valence-corrected chi connectivity index (χ3v) is 5.63. The summed E-state index contributed by atoms with van der Waals surface area (Å²) >= 11 is 3.41. The highest BCUT2D eigenvalue weighted by Gasteiger charge is 2.14. The second-order valence-electron chi connectivity index (χ2n) is 6.52. The molecule has 8 heteroatoms. The molecule has 0 saturated heterocycles. The molecule has 0 saturated carbocycles. The van der Waals surface area contributed by atoms with Crippen LogP contribution in [0.1, 0.15) is 37.4 Å². The molecule has 6 nitrogen and oxygen atoms in total. The molecule has 2 rings (SSSR count). The number of urea groups is 1. The fraction of sp³-hybridized carbons (Fsp3) is 0.316. The number of rotatable bonds is 7. The smallest absolute Gasteiger partial charge is 0.315 e. The summed E-state index contributed by atoms with van der Waals surface area (Å²) in [5.74, 6) is 0. The van der Waals surface area contributed by atoms with Gasteiger partial charge in [0.05, 0.1) is 10.9 Å². The second kappa shape index (κ2) is 9.34. The van der Waals surface area contributed by atoms with Crippen LogP contribution < -0.4 is 15.8 Å². The Hall–Kier alpha value is -1.90. The number of hydrogen-bond acceptors (Lipinski definition) is 3. The summed E-state index contributed by atoms with van der Waals surface area (Å²) in [6.45, 7) is 3.74. The standard InChI is InChI=1S/C19H24BrN3O3S/c1-13(6-7-15-8-10-17(20)11-9-15)22-19(24)23-14(2)16-4-3-5-18(12-16)27(21,25)26/h3-5,8-14H,6-7H2,1-2H3,(H2,21,25,26)(H2,22,23,24)/t13-,14-/m0/s1. The van der Waals surface area contributed by atoms with Crippen LogP contribution in [0.3, 0.4) is 0 Å². The minimum atomic E-state index is -3.77. The Balaban J connectivity index is 1.86. The van der Waals surface area contributed by atoms with Gasteiger partial charge >= 0.3 is 6.03 Å². The van der Waals surface area contributed by atoms with Crippen molar-refractivity contribution in [3.8, 4) is 0 Å². The van der Waals surface area contributed by atoms with E-state index in [0.29, 0.717) is 5.56 Å². The van der Waals surface area contributed by atoms with Crippen LogP contribution in [0.5, 0.6) is 0 Å². The lowest BCUT2D eigenvalue weighted by atomic mass is 10.1. The zero-order valence-electron chi connectivity index (χ0n) is 15.3. The minimum Gasteiger partial charge on any atom is -0.336 e. The van der Waals surface area contributed by atoms with E-state index in [1.807, 2.05) is 19.1 Å². The first-order chi connectivity index (χ1) is 12.6. The molecular formula is C19H24BrN3O3S. The number of hydrogen-bond donors (Lipinski definition) is 3. The molecule has 2 amide bonds. The summed E-state index contributed by atoms with van der Waals surface area (Å²) in [7, 11) is -3.77. The maximum atomic E-state index is 12.2. The number of nitrogens with one attached hydrogen (secondary N) is 2. The van der Waals surface area contributed by atoms with Gasteiger partial charge in [0.25, 0.3) is 0 Å². The van der Waals surface area contributed by atoms with Gasteiger partial charge in [0.15, 0.2) is 0 Å². The average molecular weight is 454 g/mol. The van der Waals surface area contributed by atoms with Crippen molar-refractivity contribution < 1.29 is 13.2 Å². The summed E-state index contributed by atoms with van der Waals surface area (Å²) in [5.41, 5.74) is 1.87. The Morgan fingerprint density at radius 3 is 2.41 bits per heavy atom. The molecule has 146 valence electrons. The number of benzene rings is 2. The Kier molecular flexibility index (Phi) is 7.41. The normalized spacial score (nSPS) is 13.6. The van der Waals surface area contributed by atoms with Crippen molar-refractivity contribution in [3.05, 3.63) is 64.1 Å². The predicted octanol–water partition coefficient (Wildman–Crippen LogP) is 3.48. The first-order valence-corrected chi connectivity index (χ1v) is 10.9. The van der Waals surface area contributed by atoms with Gasteiger partial charge in [0.1, 0.15) is 0 Å². The van der Waals surface area contributed by atoms with Gasteiger partial charge in [0, 0.05) is 10.5 Å². The lowest BCUT2D eigenvalue weighted by Gasteiger charge is -2.19. The Morgan fingerprint density at radius 2 is 1.78 bits per heavy atom. The number of aryl methyl sites for hydroxylation is 1. The molecule has 0 bridgehead atoms. The lowest BCUT2D eigenvalue weighted by molar-refractivity contribution is 0.234. The molecule has 0 unspecified atom stereocenters. The van der Waals surface area contributed by atoms with Gasteiger partial charge < -0.3 is 10.6 Å². The van der Waals surface area contributed by atoms with Crippen LogP contribution in [-0.2, 0) is 16.4 Å². The highest BCUT2D eigenvalue weighted by atomic mass is 79.9. The summed E-state index contributed by atoms with van der Waals surface area (Å²) in [4.78, 5) is 12.2. The van der Waals surface area contributed by atoms with Crippen molar-refractivity contribution in [2.75, 3.05) is 0 Å². The molecule has 27 heavy (non-hydrogen) atoms. The first-order valence-electron chi connectivity index (χ1n) is 8.59. The summed E-state index contributed by atoms with van der Waals surface area (Å²) < 4.78 is 24.0. The van der Waals surface area contributed by atoms with E-state index in [2.05, 4.69) is 38.7 Å². The van der Waals surface area contributed by atoms with E-state index in [0.717, 1.165) is 17.3 Å². The highest BCUT2D eigenvalue weighted by molar-refractivity contribution is 9.10. The monoisotopic (exact) mass is 453 g/mol. The predicted molar refractivity (Wildman–Crippen MR) is 110 cm³/mol. The number of amides is 2. The number of carbonyl (C=O) groups is 1. The molecule has 4 N–H and O–H groups in total. The largest absolute Gasteiger partial charge is 0.336 e. The van der Waals surface area contributed by atoms with Gasteiger partial charge in [0.2, 0.25) is 10.0 Å². The van der Waals surface area contributed by atoms with E-state index in [1.165, 1.54) is 17.7 Å². The molecule has 0 fully saturated rings. The molecule has 0 radical (unpaired) electrons. The van der Waals surface area contributed by atoms with Gasteiger partial charge in [-0.2, -0.15) is 0 Å². The topological polar surface area (TPSA) is 101 Å². The van der Waals surface area contributed by atoms with Crippen LogP contribution in [0.2, 0.25) is 0 Å². The quantitative estimate of drug-likeness (QED) is 0.597. The highest BCUT2D eigenvalue weighted by Crippen LogP contribution is 2.17. The van der Waals surface area contributed by atoms with Gasteiger partial charge in [-0.1, -0.05) is 40.2 Å². The molecule has 0 aliphatic heterocycles. The molecule has 0 spiro atoms. The minimum absolute atomic E-state index is 0.00315. The second-order valence-corrected chi connectivity index (χ2v) is 9.00.